The molecule has 6 N–H and O–H groups in total. The number of primary amides is 2. The number of carbonyl (C=O) groups is 2. The number of anilines is 3. The first-order valence-corrected chi connectivity index (χ1v) is 6.91. The van der Waals surface area contributed by atoms with Crippen LogP contribution in [0.25, 0.3) is 5.65 Å². The molecule has 24 heavy (non-hydrogen) atoms. The summed E-state index contributed by atoms with van der Waals surface area (Å²) in [5.74, 6) is -0.880. The first-order chi connectivity index (χ1) is 11.5. The molecule has 0 atom stereocenters. The number of hydrogen-bond donors (Lipinski definition) is 4. The van der Waals surface area contributed by atoms with Crippen molar-refractivity contribution in [3.63, 3.8) is 0 Å². The minimum absolute atomic E-state index is 0.116. The van der Waals surface area contributed by atoms with Crippen molar-refractivity contribution in [2.24, 2.45) is 11.5 Å². The molecule has 0 spiro atoms. The Hall–Kier alpha value is -3.69. The Labute approximate surface area is 135 Å². The van der Waals surface area contributed by atoms with Gasteiger partial charge in [-0.05, 0) is 12.1 Å². The second kappa shape index (κ2) is 6.20. The van der Waals surface area contributed by atoms with E-state index in [0.29, 0.717) is 5.69 Å². The van der Waals surface area contributed by atoms with Gasteiger partial charge in [-0.1, -0.05) is 0 Å². The number of rotatable bonds is 6. The Morgan fingerprint density at radius 1 is 1.21 bits per heavy atom. The number of nitrogens with one attached hydrogen (secondary N) is 2. The van der Waals surface area contributed by atoms with Crippen LogP contribution in [0.1, 0.15) is 10.4 Å². The van der Waals surface area contributed by atoms with Gasteiger partial charge in [0.15, 0.2) is 0 Å². The minimum atomic E-state index is -0.678. The topological polar surface area (TPSA) is 153 Å². The van der Waals surface area contributed by atoms with E-state index in [1.54, 1.807) is 35.1 Å². The highest BCUT2D eigenvalue weighted by Crippen LogP contribution is 2.20. The molecule has 0 aliphatic carbocycles. The summed E-state index contributed by atoms with van der Waals surface area (Å²) in [5.41, 5.74) is 12.0. The Kier molecular flexibility index (Phi) is 3.93. The average Bonchev–Trinajstić information content (AvgIpc) is 3.00. The lowest BCUT2D eigenvalue weighted by molar-refractivity contribution is -0.116. The molecule has 122 valence electrons. The van der Waals surface area contributed by atoms with E-state index in [-0.39, 0.29) is 23.9 Å². The van der Waals surface area contributed by atoms with Crippen LogP contribution < -0.4 is 22.1 Å². The van der Waals surface area contributed by atoms with Crippen molar-refractivity contribution >= 4 is 34.9 Å². The van der Waals surface area contributed by atoms with Gasteiger partial charge in [0, 0.05) is 24.8 Å². The van der Waals surface area contributed by atoms with E-state index in [1.165, 1.54) is 6.20 Å². The lowest BCUT2D eigenvalue weighted by atomic mass is 10.3. The van der Waals surface area contributed by atoms with Gasteiger partial charge in [-0.3, -0.25) is 9.59 Å². The molecule has 3 aromatic rings. The van der Waals surface area contributed by atoms with Crippen LogP contribution in [-0.4, -0.2) is 37.7 Å². The van der Waals surface area contributed by atoms with Gasteiger partial charge in [0.05, 0.1) is 12.2 Å². The van der Waals surface area contributed by atoms with E-state index in [4.69, 9.17) is 11.5 Å². The van der Waals surface area contributed by atoms with Gasteiger partial charge in [0.2, 0.25) is 11.9 Å². The zero-order chi connectivity index (χ0) is 17.1. The van der Waals surface area contributed by atoms with Crippen LogP contribution in [-0.2, 0) is 4.79 Å². The van der Waals surface area contributed by atoms with Crippen molar-refractivity contribution in [1.82, 2.24) is 19.4 Å². The Morgan fingerprint density at radius 2 is 2.04 bits per heavy atom. The Balaban J connectivity index is 1.92. The smallest absolute Gasteiger partial charge is 0.254 e. The standard InChI is InChI=1S/C14H14N8O2/c15-10(23)6-19-14-18-5-9(12(16)24)13(21-14)20-8-1-2-11-17-3-4-22(11)7-8/h1-5,7H,6H2,(H2,15,23)(H2,16,24)(H2,18,19,20,21). The molecule has 0 bridgehead atoms. The van der Waals surface area contributed by atoms with Crippen molar-refractivity contribution in [3.8, 4) is 0 Å². The van der Waals surface area contributed by atoms with Gasteiger partial charge in [0.25, 0.3) is 5.91 Å². The van der Waals surface area contributed by atoms with Gasteiger partial charge in [0.1, 0.15) is 17.0 Å². The fourth-order valence-corrected chi connectivity index (χ4v) is 2.04. The van der Waals surface area contributed by atoms with E-state index in [1.807, 2.05) is 0 Å². The van der Waals surface area contributed by atoms with Gasteiger partial charge in [-0.15, -0.1) is 0 Å². The third kappa shape index (κ3) is 3.21. The highest BCUT2D eigenvalue weighted by atomic mass is 16.1. The summed E-state index contributed by atoms with van der Waals surface area (Å²) in [4.78, 5) is 34.6. The lowest BCUT2D eigenvalue weighted by Gasteiger charge is -2.11. The quantitative estimate of drug-likeness (QED) is 0.492. The zero-order valence-electron chi connectivity index (χ0n) is 12.4. The van der Waals surface area contributed by atoms with E-state index in [9.17, 15) is 9.59 Å². The molecule has 10 nitrogen and oxygen atoms in total. The van der Waals surface area contributed by atoms with Gasteiger partial charge in [-0.2, -0.15) is 4.98 Å². The predicted molar refractivity (Wildman–Crippen MR) is 86.7 cm³/mol. The first kappa shape index (κ1) is 15.2. The number of aromatic nitrogens is 4. The number of nitrogens with zero attached hydrogens (tertiary/aromatic N) is 4. The minimum Gasteiger partial charge on any atom is -0.368 e. The number of carbonyl (C=O) groups excluding carboxylic acids is 2. The molecule has 2 amide bonds. The summed E-state index contributed by atoms with van der Waals surface area (Å²) in [5, 5.41) is 5.66. The maximum Gasteiger partial charge on any atom is 0.254 e. The molecule has 0 radical (unpaired) electrons. The van der Waals surface area contributed by atoms with Gasteiger partial charge < -0.3 is 26.5 Å². The maximum absolute atomic E-state index is 11.6. The Morgan fingerprint density at radius 3 is 2.79 bits per heavy atom. The van der Waals surface area contributed by atoms with Crippen LogP contribution in [0.5, 0.6) is 0 Å². The van der Waals surface area contributed by atoms with Crippen molar-refractivity contribution in [1.29, 1.82) is 0 Å². The molecular formula is C14H14N8O2. The predicted octanol–water partition coefficient (Wildman–Crippen LogP) is -0.136. The summed E-state index contributed by atoms with van der Waals surface area (Å²) in [7, 11) is 0. The number of imidazole rings is 1. The summed E-state index contributed by atoms with van der Waals surface area (Å²) < 4.78 is 1.81. The third-order valence-corrected chi connectivity index (χ3v) is 3.13. The highest BCUT2D eigenvalue weighted by Gasteiger charge is 2.13. The molecule has 0 saturated carbocycles. The van der Waals surface area contributed by atoms with Crippen molar-refractivity contribution in [2.45, 2.75) is 0 Å². The molecule has 0 aliphatic rings. The van der Waals surface area contributed by atoms with E-state index in [0.717, 1.165) is 5.65 Å². The zero-order valence-corrected chi connectivity index (χ0v) is 12.4. The molecule has 0 saturated heterocycles. The van der Waals surface area contributed by atoms with Gasteiger partial charge in [-0.25, -0.2) is 9.97 Å². The fourth-order valence-electron chi connectivity index (χ4n) is 2.04. The SMILES string of the molecule is NC(=O)CNc1ncc(C(N)=O)c(Nc2ccc3nccn3c2)n1. The number of fused-ring (bicyclic) bond motifs is 1. The number of nitrogens with two attached hydrogens (primary N) is 2. The lowest BCUT2D eigenvalue weighted by Crippen LogP contribution is -2.23. The van der Waals surface area contributed by atoms with Crippen molar-refractivity contribution < 1.29 is 9.59 Å². The molecule has 3 aromatic heterocycles. The van der Waals surface area contributed by atoms with Crippen LogP contribution in [0, 0.1) is 0 Å². The summed E-state index contributed by atoms with van der Waals surface area (Å²) in [6, 6.07) is 3.59. The second-order valence-electron chi connectivity index (χ2n) is 4.88. The van der Waals surface area contributed by atoms with Crippen molar-refractivity contribution in [2.75, 3.05) is 17.2 Å². The molecule has 10 heteroatoms. The number of hydrogen-bond acceptors (Lipinski definition) is 7. The summed E-state index contributed by atoms with van der Waals surface area (Å²) in [6.45, 7) is -0.129. The Bertz CT molecular complexity index is 920. The van der Waals surface area contributed by atoms with E-state index >= 15 is 0 Å². The summed E-state index contributed by atoms with van der Waals surface area (Å²) >= 11 is 0. The fraction of sp³-hybridized carbons (Fsp3) is 0.0714. The highest BCUT2D eigenvalue weighted by molar-refractivity contribution is 5.98. The average molecular weight is 326 g/mol. The molecule has 0 fully saturated rings. The molecule has 3 rings (SSSR count). The maximum atomic E-state index is 11.6. The van der Waals surface area contributed by atoms with Crippen molar-refractivity contribution in [3.05, 3.63) is 42.5 Å². The van der Waals surface area contributed by atoms with Gasteiger partial charge >= 0.3 is 0 Å². The van der Waals surface area contributed by atoms with Crippen LogP contribution in [0.15, 0.2) is 36.9 Å². The molecule has 3 heterocycles. The monoisotopic (exact) mass is 326 g/mol. The largest absolute Gasteiger partial charge is 0.368 e. The van der Waals surface area contributed by atoms with Crippen LogP contribution >= 0.6 is 0 Å². The molecule has 0 aliphatic heterocycles. The second-order valence-corrected chi connectivity index (χ2v) is 4.88. The molecule has 0 aromatic carbocycles. The van der Waals surface area contributed by atoms with Crippen LogP contribution in [0.3, 0.4) is 0 Å². The van der Waals surface area contributed by atoms with E-state index < -0.39 is 11.8 Å². The summed E-state index contributed by atoms with van der Waals surface area (Å²) in [6.07, 6.45) is 6.52. The number of pyridine rings is 1. The first-order valence-electron chi connectivity index (χ1n) is 6.91. The normalized spacial score (nSPS) is 10.5. The van der Waals surface area contributed by atoms with Crippen LogP contribution in [0.4, 0.5) is 17.5 Å². The molecular weight excluding hydrogens is 312 g/mol. The number of amides is 2. The van der Waals surface area contributed by atoms with Crippen LogP contribution in [0.2, 0.25) is 0 Å². The third-order valence-electron chi connectivity index (χ3n) is 3.13. The molecule has 0 unspecified atom stereocenters. The van der Waals surface area contributed by atoms with E-state index in [2.05, 4.69) is 25.6 Å².